The van der Waals surface area contributed by atoms with Gasteiger partial charge in [-0.3, -0.25) is 4.79 Å². The van der Waals surface area contributed by atoms with E-state index in [4.69, 9.17) is 16.3 Å². The van der Waals surface area contributed by atoms with Crippen molar-refractivity contribution in [3.05, 3.63) is 94.0 Å². The zero-order chi connectivity index (χ0) is 24.5. The van der Waals surface area contributed by atoms with E-state index in [2.05, 4.69) is 5.32 Å². The Morgan fingerprint density at radius 1 is 1.00 bits per heavy atom. The number of amides is 1. The first-order chi connectivity index (χ1) is 16.1. The van der Waals surface area contributed by atoms with Crippen molar-refractivity contribution in [2.75, 3.05) is 6.61 Å². The Hall–Kier alpha value is -3.52. The Kier molecular flexibility index (Phi) is 6.52. The van der Waals surface area contributed by atoms with E-state index in [0.717, 1.165) is 40.5 Å². The average Bonchev–Trinajstić information content (AvgIpc) is 3.10. The monoisotopic (exact) mass is 489 g/mol. The van der Waals surface area contributed by atoms with Crippen LogP contribution in [0.15, 0.2) is 66.7 Å². The Labute approximate surface area is 198 Å². The van der Waals surface area contributed by atoms with Crippen molar-refractivity contribution in [1.82, 2.24) is 5.32 Å². The number of ether oxygens (including phenoxy) is 1. The second kappa shape index (κ2) is 9.38. The lowest BCUT2D eigenvalue weighted by molar-refractivity contribution is -0.138. The van der Waals surface area contributed by atoms with Gasteiger partial charge in [-0.1, -0.05) is 60.1 Å². The van der Waals surface area contributed by atoms with Gasteiger partial charge >= 0.3 is 18.2 Å². The summed E-state index contributed by atoms with van der Waals surface area (Å²) in [6, 6.07) is 16.7. The van der Waals surface area contributed by atoms with Crippen molar-refractivity contribution in [1.29, 1.82) is 0 Å². The minimum Gasteiger partial charge on any atom is -0.481 e. The van der Waals surface area contributed by atoms with Gasteiger partial charge in [0.2, 0.25) is 0 Å². The molecule has 0 unspecified atom stereocenters. The van der Waals surface area contributed by atoms with Gasteiger partial charge in [0.25, 0.3) is 0 Å². The molecule has 9 heteroatoms. The molecule has 0 heterocycles. The van der Waals surface area contributed by atoms with Gasteiger partial charge in [0.05, 0.1) is 18.0 Å². The van der Waals surface area contributed by atoms with Crippen LogP contribution in [0.4, 0.5) is 18.0 Å². The fraction of sp³-hybridized carbons (Fsp3) is 0.200. The predicted octanol–water partition coefficient (Wildman–Crippen LogP) is 6.41. The van der Waals surface area contributed by atoms with Gasteiger partial charge in [-0.25, -0.2) is 4.79 Å². The number of benzene rings is 3. The van der Waals surface area contributed by atoms with E-state index in [1.54, 1.807) is 0 Å². The lowest BCUT2D eigenvalue weighted by atomic mass is 9.98. The fourth-order valence-corrected chi connectivity index (χ4v) is 4.43. The molecule has 1 amide bonds. The molecule has 0 aromatic heterocycles. The summed E-state index contributed by atoms with van der Waals surface area (Å²) >= 11 is 6.05. The van der Waals surface area contributed by atoms with Crippen LogP contribution < -0.4 is 5.32 Å². The molecule has 0 bridgehead atoms. The maximum Gasteiger partial charge on any atom is 0.416 e. The van der Waals surface area contributed by atoms with E-state index >= 15 is 0 Å². The van der Waals surface area contributed by atoms with E-state index in [1.807, 2.05) is 48.5 Å². The standard InChI is InChI=1S/C25H19ClF3NO4/c26-21-10-9-14(25(27,28)29)11-19(21)22(12-23(31)32)30-24(33)34-13-20-17-7-3-1-5-15(17)16-6-2-4-8-18(16)20/h1-11,20,22H,12-13H2,(H,30,33)(H,31,32)/t22-/m1/s1. The molecule has 0 saturated carbocycles. The Morgan fingerprint density at radius 2 is 1.59 bits per heavy atom. The van der Waals surface area contributed by atoms with E-state index < -0.39 is 36.3 Å². The van der Waals surface area contributed by atoms with Crippen molar-refractivity contribution >= 4 is 23.7 Å². The summed E-state index contributed by atoms with van der Waals surface area (Å²) in [6.45, 7) is -0.0318. The number of nitrogens with one attached hydrogen (secondary N) is 1. The molecule has 3 aromatic carbocycles. The van der Waals surface area contributed by atoms with Gasteiger partial charge in [0, 0.05) is 10.9 Å². The first-order valence-electron chi connectivity index (χ1n) is 10.3. The second-order valence-electron chi connectivity index (χ2n) is 7.85. The normalized spacial score (nSPS) is 13.6. The zero-order valence-electron chi connectivity index (χ0n) is 17.6. The number of hydrogen-bond acceptors (Lipinski definition) is 3. The maximum absolute atomic E-state index is 13.2. The lowest BCUT2D eigenvalue weighted by Crippen LogP contribution is -2.32. The van der Waals surface area contributed by atoms with Crippen LogP contribution in [-0.4, -0.2) is 23.8 Å². The summed E-state index contributed by atoms with van der Waals surface area (Å²) in [7, 11) is 0. The van der Waals surface area contributed by atoms with Crippen molar-refractivity contribution in [2.45, 2.75) is 24.6 Å². The molecule has 1 aliphatic carbocycles. The highest BCUT2D eigenvalue weighted by molar-refractivity contribution is 6.31. The third kappa shape index (κ3) is 4.87. The molecule has 0 fully saturated rings. The fourth-order valence-electron chi connectivity index (χ4n) is 4.18. The highest BCUT2D eigenvalue weighted by Gasteiger charge is 2.33. The topological polar surface area (TPSA) is 75.6 Å². The van der Waals surface area contributed by atoms with Crippen LogP contribution in [0.2, 0.25) is 5.02 Å². The summed E-state index contributed by atoms with van der Waals surface area (Å²) in [5, 5.41) is 11.5. The van der Waals surface area contributed by atoms with Gasteiger partial charge in [0.1, 0.15) is 6.61 Å². The summed E-state index contributed by atoms with van der Waals surface area (Å²) in [4.78, 5) is 23.9. The first kappa shape index (κ1) is 23.6. The van der Waals surface area contributed by atoms with Crippen LogP contribution in [0.3, 0.4) is 0 Å². The van der Waals surface area contributed by atoms with E-state index in [9.17, 15) is 27.9 Å². The smallest absolute Gasteiger partial charge is 0.416 e. The molecule has 1 atom stereocenters. The van der Waals surface area contributed by atoms with E-state index in [-0.39, 0.29) is 23.1 Å². The van der Waals surface area contributed by atoms with Crippen LogP contribution in [0.25, 0.3) is 11.1 Å². The van der Waals surface area contributed by atoms with E-state index in [0.29, 0.717) is 0 Å². The average molecular weight is 490 g/mol. The largest absolute Gasteiger partial charge is 0.481 e. The third-order valence-corrected chi connectivity index (χ3v) is 6.06. The number of rotatable bonds is 6. The van der Waals surface area contributed by atoms with Crippen LogP contribution in [0.5, 0.6) is 0 Å². The third-order valence-electron chi connectivity index (χ3n) is 5.71. The molecule has 0 aliphatic heterocycles. The molecule has 5 nitrogen and oxygen atoms in total. The number of fused-ring (bicyclic) bond motifs is 3. The number of carbonyl (C=O) groups excluding carboxylic acids is 1. The van der Waals surface area contributed by atoms with Crippen molar-refractivity contribution in [3.63, 3.8) is 0 Å². The molecule has 176 valence electrons. The van der Waals surface area contributed by atoms with Gasteiger partial charge in [-0.15, -0.1) is 0 Å². The molecule has 34 heavy (non-hydrogen) atoms. The minimum atomic E-state index is -4.66. The van der Waals surface area contributed by atoms with Crippen LogP contribution in [0, 0.1) is 0 Å². The molecule has 3 aromatic rings. The number of carboxylic acid groups (broad SMARTS) is 1. The predicted molar refractivity (Wildman–Crippen MR) is 120 cm³/mol. The van der Waals surface area contributed by atoms with Gasteiger partial charge in [-0.2, -0.15) is 13.2 Å². The van der Waals surface area contributed by atoms with Gasteiger partial charge < -0.3 is 15.2 Å². The number of hydrogen-bond donors (Lipinski definition) is 2. The molecule has 0 spiro atoms. The Balaban J connectivity index is 1.53. The van der Waals surface area contributed by atoms with Crippen molar-refractivity contribution in [2.24, 2.45) is 0 Å². The van der Waals surface area contributed by atoms with E-state index in [1.165, 1.54) is 0 Å². The minimum absolute atomic E-state index is 0.0318. The number of aliphatic carboxylic acids is 1. The summed E-state index contributed by atoms with van der Waals surface area (Å²) in [6.07, 6.45) is -6.29. The molecular weight excluding hydrogens is 471 g/mol. The molecule has 0 radical (unpaired) electrons. The van der Waals surface area contributed by atoms with Crippen LogP contribution in [0.1, 0.15) is 40.6 Å². The maximum atomic E-state index is 13.2. The SMILES string of the molecule is O=C(O)C[C@@H](NC(=O)OCC1c2ccccc2-c2ccccc21)c1cc(C(F)(F)F)ccc1Cl. The van der Waals surface area contributed by atoms with Crippen LogP contribution in [-0.2, 0) is 15.7 Å². The zero-order valence-corrected chi connectivity index (χ0v) is 18.4. The molecule has 2 N–H and O–H groups in total. The van der Waals surface area contributed by atoms with Crippen LogP contribution >= 0.6 is 11.6 Å². The Morgan fingerprint density at radius 3 is 2.15 bits per heavy atom. The second-order valence-corrected chi connectivity index (χ2v) is 8.26. The van der Waals surface area contributed by atoms with Crippen molar-refractivity contribution < 1.29 is 32.6 Å². The quantitative estimate of drug-likeness (QED) is 0.419. The summed E-state index contributed by atoms with van der Waals surface area (Å²) in [5.41, 5.74) is 2.88. The van der Waals surface area contributed by atoms with Crippen molar-refractivity contribution in [3.8, 4) is 11.1 Å². The lowest BCUT2D eigenvalue weighted by Gasteiger charge is -2.21. The molecule has 1 aliphatic rings. The highest BCUT2D eigenvalue weighted by Crippen LogP contribution is 2.44. The molecule has 0 saturated heterocycles. The first-order valence-corrected chi connectivity index (χ1v) is 10.7. The summed E-state index contributed by atoms with van der Waals surface area (Å²) < 4.78 is 44.9. The highest BCUT2D eigenvalue weighted by atomic mass is 35.5. The molecule has 4 rings (SSSR count). The number of alkyl carbamates (subject to hydrolysis) is 1. The number of alkyl halides is 3. The number of carbonyl (C=O) groups is 2. The van der Waals surface area contributed by atoms with Gasteiger partial charge in [0.15, 0.2) is 0 Å². The number of carboxylic acids is 1. The number of halogens is 4. The molecular formula is C25H19ClF3NO4. The summed E-state index contributed by atoms with van der Waals surface area (Å²) in [5.74, 6) is -1.55. The Bertz CT molecular complexity index is 1200. The van der Waals surface area contributed by atoms with Gasteiger partial charge in [-0.05, 0) is 46.0 Å².